The third-order valence-electron chi connectivity index (χ3n) is 3.12. The molecular weight excluding hydrogens is 272 g/mol. The van der Waals surface area contributed by atoms with Crippen molar-refractivity contribution in [3.05, 3.63) is 18.2 Å². The molecule has 0 radical (unpaired) electrons. The van der Waals surface area contributed by atoms with Gasteiger partial charge in [-0.05, 0) is 34.1 Å². The molecule has 0 unspecified atom stereocenters. The predicted octanol–water partition coefficient (Wildman–Crippen LogP) is 2.88. The summed E-state index contributed by atoms with van der Waals surface area (Å²) in [5.41, 5.74) is 0. The first-order valence-electron chi connectivity index (χ1n) is 7.63. The van der Waals surface area contributed by atoms with Crippen molar-refractivity contribution >= 4 is 8.80 Å². The largest absolute Gasteiger partial charge is 0.500 e. The van der Waals surface area contributed by atoms with Crippen molar-refractivity contribution in [3.63, 3.8) is 0 Å². The van der Waals surface area contributed by atoms with Crippen LogP contribution in [0.3, 0.4) is 0 Å². The maximum Gasteiger partial charge on any atom is 0.500 e. The van der Waals surface area contributed by atoms with Crippen LogP contribution in [0.4, 0.5) is 0 Å². The van der Waals surface area contributed by atoms with Crippen LogP contribution < -0.4 is 0 Å². The SMILES string of the molecule is CCO[Si](CCCc1nccn1CC)(OCC)OCC. The van der Waals surface area contributed by atoms with Crippen molar-refractivity contribution in [2.75, 3.05) is 19.8 Å². The molecular formula is C14H28N2O3Si. The summed E-state index contributed by atoms with van der Waals surface area (Å²) in [6, 6.07) is 0.846. The Morgan fingerprint density at radius 3 is 2.15 bits per heavy atom. The lowest BCUT2D eigenvalue weighted by Crippen LogP contribution is -2.46. The van der Waals surface area contributed by atoms with Gasteiger partial charge in [0, 0.05) is 51.2 Å². The van der Waals surface area contributed by atoms with Crippen LogP contribution >= 0.6 is 0 Å². The van der Waals surface area contributed by atoms with E-state index in [9.17, 15) is 0 Å². The third-order valence-corrected chi connectivity index (χ3v) is 6.27. The molecule has 0 aliphatic carbocycles. The fraction of sp³-hybridized carbons (Fsp3) is 0.786. The Kier molecular flexibility index (Phi) is 8.06. The van der Waals surface area contributed by atoms with Gasteiger partial charge in [0.2, 0.25) is 0 Å². The van der Waals surface area contributed by atoms with Gasteiger partial charge in [-0.2, -0.15) is 0 Å². The molecule has 0 fully saturated rings. The van der Waals surface area contributed by atoms with Crippen LogP contribution in [0.2, 0.25) is 6.04 Å². The van der Waals surface area contributed by atoms with Crippen LogP contribution in [0.5, 0.6) is 0 Å². The maximum atomic E-state index is 5.85. The second-order valence-electron chi connectivity index (χ2n) is 4.47. The number of nitrogens with zero attached hydrogens (tertiary/aromatic N) is 2. The molecule has 0 atom stereocenters. The van der Waals surface area contributed by atoms with E-state index in [4.69, 9.17) is 13.3 Å². The van der Waals surface area contributed by atoms with E-state index in [1.54, 1.807) is 0 Å². The van der Waals surface area contributed by atoms with E-state index >= 15 is 0 Å². The summed E-state index contributed by atoms with van der Waals surface area (Å²) >= 11 is 0. The van der Waals surface area contributed by atoms with Crippen LogP contribution in [-0.4, -0.2) is 38.2 Å². The zero-order valence-electron chi connectivity index (χ0n) is 13.2. The number of rotatable bonds is 11. The highest BCUT2D eigenvalue weighted by Gasteiger charge is 2.39. The topological polar surface area (TPSA) is 45.5 Å². The molecule has 1 rings (SSSR count). The minimum atomic E-state index is -2.49. The summed E-state index contributed by atoms with van der Waals surface area (Å²) in [5.74, 6) is 1.12. The first-order chi connectivity index (χ1) is 9.71. The van der Waals surface area contributed by atoms with Crippen molar-refractivity contribution in [3.8, 4) is 0 Å². The minimum Gasteiger partial charge on any atom is -0.374 e. The zero-order valence-corrected chi connectivity index (χ0v) is 14.2. The van der Waals surface area contributed by atoms with Crippen molar-refractivity contribution < 1.29 is 13.3 Å². The van der Waals surface area contributed by atoms with E-state index in [1.807, 2.05) is 33.2 Å². The van der Waals surface area contributed by atoms with Gasteiger partial charge in [-0.25, -0.2) is 4.98 Å². The lowest BCUT2D eigenvalue weighted by molar-refractivity contribution is 0.0708. The van der Waals surface area contributed by atoms with Gasteiger partial charge >= 0.3 is 8.80 Å². The van der Waals surface area contributed by atoms with Crippen molar-refractivity contribution in [2.24, 2.45) is 0 Å². The van der Waals surface area contributed by atoms with Gasteiger partial charge in [-0.1, -0.05) is 0 Å². The van der Waals surface area contributed by atoms with Crippen LogP contribution in [0.1, 0.15) is 39.9 Å². The highest BCUT2D eigenvalue weighted by molar-refractivity contribution is 6.60. The molecule has 0 amide bonds. The third kappa shape index (κ3) is 5.01. The molecule has 1 aromatic heterocycles. The zero-order chi connectivity index (χ0) is 14.8. The van der Waals surface area contributed by atoms with E-state index in [0.29, 0.717) is 19.8 Å². The Balaban J connectivity index is 2.56. The molecule has 6 heteroatoms. The molecule has 0 aliphatic heterocycles. The summed E-state index contributed by atoms with van der Waals surface area (Å²) in [5, 5.41) is 0. The van der Waals surface area contributed by atoms with Gasteiger partial charge < -0.3 is 17.8 Å². The molecule has 0 saturated heterocycles. The van der Waals surface area contributed by atoms with E-state index in [0.717, 1.165) is 31.3 Å². The summed E-state index contributed by atoms with van der Waals surface area (Å²) in [7, 11) is -2.49. The lowest BCUT2D eigenvalue weighted by Gasteiger charge is -2.28. The number of aromatic nitrogens is 2. The van der Waals surface area contributed by atoms with Gasteiger partial charge in [-0.15, -0.1) is 0 Å². The highest BCUT2D eigenvalue weighted by atomic mass is 28.4. The second-order valence-corrected chi connectivity index (χ2v) is 7.20. The van der Waals surface area contributed by atoms with Crippen molar-refractivity contribution in [1.82, 2.24) is 9.55 Å². The number of hydrogen-bond donors (Lipinski definition) is 0. The average molecular weight is 300 g/mol. The van der Waals surface area contributed by atoms with E-state index in [2.05, 4.69) is 16.5 Å². The Morgan fingerprint density at radius 2 is 1.65 bits per heavy atom. The molecule has 20 heavy (non-hydrogen) atoms. The van der Waals surface area contributed by atoms with E-state index in [-0.39, 0.29) is 0 Å². The molecule has 0 spiro atoms. The molecule has 0 bridgehead atoms. The van der Waals surface area contributed by atoms with E-state index < -0.39 is 8.80 Å². The summed E-state index contributed by atoms with van der Waals surface area (Å²) < 4.78 is 19.7. The normalized spacial score (nSPS) is 12.0. The van der Waals surface area contributed by atoms with Crippen molar-refractivity contribution in [1.29, 1.82) is 0 Å². The second kappa shape index (κ2) is 9.28. The van der Waals surface area contributed by atoms with Gasteiger partial charge in [0.25, 0.3) is 0 Å². The fourth-order valence-electron chi connectivity index (χ4n) is 2.32. The quantitative estimate of drug-likeness (QED) is 0.590. The fourth-order valence-corrected chi connectivity index (χ4v) is 4.93. The number of aryl methyl sites for hydroxylation is 2. The average Bonchev–Trinajstić information content (AvgIpc) is 2.87. The molecule has 0 aliphatic rings. The van der Waals surface area contributed by atoms with Crippen LogP contribution in [0.15, 0.2) is 12.4 Å². The first-order valence-corrected chi connectivity index (χ1v) is 9.56. The van der Waals surface area contributed by atoms with E-state index in [1.165, 1.54) is 0 Å². The molecule has 5 nitrogen and oxygen atoms in total. The highest BCUT2D eigenvalue weighted by Crippen LogP contribution is 2.19. The van der Waals surface area contributed by atoms with Gasteiger partial charge in [0.05, 0.1) is 0 Å². The Morgan fingerprint density at radius 1 is 1.05 bits per heavy atom. The first kappa shape index (κ1) is 17.4. The molecule has 0 N–H and O–H groups in total. The Bertz CT molecular complexity index is 354. The van der Waals surface area contributed by atoms with Crippen LogP contribution in [-0.2, 0) is 26.2 Å². The number of hydrogen-bond acceptors (Lipinski definition) is 4. The summed E-state index contributed by atoms with van der Waals surface area (Å²) in [6.45, 7) is 11.0. The Labute approximate surface area is 123 Å². The monoisotopic (exact) mass is 300 g/mol. The molecule has 1 aromatic rings. The van der Waals surface area contributed by atoms with Gasteiger partial charge in [-0.3, -0.25) is 0 Å². The molecule has 0 aromatic carbocycles. The van der Waals surface area contributed by atoms with Crippen LogP contribution in [0.25, 0.3) is 0 Å². The van der Waals surface area contributed by atoms with Gasteiger partial charge in [0.1, 0.15) is 5.82 Å². The lowest BCUT2D eigenvalue weighted by atomic mass is 10.3. The standard InChI is InChI=1S/C14H28N2O3Si/c1-5-16-12-11-15-14(16)10-9-13-20(17-6-2,18-7-3)19-8-4/h11-12H,5-10,13H2,1-4H3. The number of imidazole rings is 1. The molecule has 1 heterocycles. The van der Waals surface area contributed by atoms with Crippen LogP contribution in [0, 0.1) is 0 Å². The smallest absolute Gasteiger partial charge is 0.374 e. The molecule has 0 saturated carbocycles. The summed E-state index contributed by atoms with van der Waals surface area (Å²) in [6.07, 6.45) is 5.79. The maximum absolute atomic E-state index is 5.85. The van der Waals surface area contributed by atoms with Gasteiger partial charge in [0.15, 0.2) is 0 Å². The minimum absolute atomic E-state index is 0.635. The summed E-state index contributed by atoms with van der Waals surface area (Å²) in [4.78, 5) is 4.40. The molecule has 116 valence electrons. The van der Waals surface area contributed by atoms with Crippen molar-refractivity contribution in [2.45, 2.75) is 53.1 Å². The Hall–Kier alpha value is -0.693. The predicted molar refractivity (Wildman–Crippen MR) is 81.7 cm³/mol.